The zero-order chi connectivity index (χ0) is 12.7. The molecule has 0 saturated carbocycles. The average Bonchev–Trinajstić information content (AvgIpc) is 2.91. The number of fused-ring (bicyclic) bond motifs is 1. The van der Waals surface area contributed by atoms with Crippen molar-refractivity contribution in [3.63, 3.8) is 0 Å². The van der Waals surface area contributed by atoms with Crippen molar-refractivity contribution in [2.24, 2.45) is 7.05 Å². The van der Waals surface area contributed by atoms with Crippen molar-refractivity contribution in [2.75, 3.05) is 5.73 Å². The number of nitrogen functional groups attached to an aromatic ring is 1. The molecule has 0 aliphatic carbocycles. The van der Waals surface area contributed by atoms with Crippen LogP contribution in [-0.2, 0) is 13.6 Å². The highest BCUT2D eigenvalue weighted by Gasteiger charge is 2.09. The minimum absolute atomic E-state index is 0.151. The van der Waals surface area contributed by atoms with E-state index in [2.05, 4.69) is 20.3 Å². The number of rotatable bonds is 2. The Balaban J connectivity index is 2.07. The van der Waals surface area contributed by atoms with Crippen LogP contribution in [-0.4, -0.2) is 29.5 Å². The fourth-order valence-electron chi connectivity index (χ4n) is 1.66. The van der Waals surface area contributed by atoms with Crippen molar-refractivity contribution >= 4 is 27.5 Å². The lowest BCUT2D eigenvalue weighted by Crippen LogP contribution is -2.21. The molecule has 0 amide bonds. The first-order chi connectivity index (χ1) is 8.65. The molecular weight excluding hydrogens is 254 g/mol. The lowest BCUT2D eigenvalue weighted by Gasteiger charge is -2.01. The van der Waals surface area contributed by atoms with Crippen LogP contribution in [0, 0.1) is 0 Å². The summed E-state index contributed by atoms with van der Waals surface area (Å²) in [6, 6.07) is 0. The molecule has 9 heteroatoms. The highest BCUT2D eigenvalue weighted by atomic mass is 32.1. The first-order valence-electron chi connectivity index (χ1n) is 5.10. The molecule has 8 nitrogen and oxygen atoms in total. The van der Waals surface area contributed by atoms with Crippen LogP contribution in [0.5, 0.6) is 0 Å². The maximum atomic E-state index is 12.1. The van der Waals surface area contributed by atoms with Crippen molar-refractivity contribution in [3.05, 3.63) is 27.9 Å². The average molecular weight is 263 g/mol. The summed E-state index contributed by atoms with van der Waals surface area (Å²) < 4.78 is 3.02. The molecule has 0 radical (unpaired) electrons. The van der Waals surface area contributed by atoms with Crippen LogP contribution in [0.15, 0.2) is 17.3 Å². The van der Waals surface area contributed by atoms with E-state index in [9.17, 15) is 4.79 Å². The summed E-state index contributed by atoms with van der Waals surface area (Å²) in [5.74, 6) is 0. The van der Waals surface area contributed by atoms with Gasteiger partial charge < -0.3 is 5.73 Å². The first-order valence-corrected chi connectivity index (χ1v) is 5.92. The predicted octanol–water partition coefficient (Wildman–Crippen LogP) is -0.388. The molecule has 0 saturated heterocycles. The molecule has 92 valence electrons. The van der Waals surface area contributed by atoms with E-state index in [0.717, 1.165) is 0 Å². The molecule has 0 aliphatic heterocycles. The minimum Gasteiger partial charge on any atom is -0.374 e. The standard InChI is InChI=1S/C9H9N7OS/c1-15-7-5(2-12-15)8(17)16(4-11-7)3-6-13-14-9(10)18-6/h2,4H,3H2,1H3,(H2,10,14). The Hall–Kier alpha value is -2.29. The normalized spacial score (nSPS) is 11.2. The quantitative estimate of drug-likeness (QED) is 0.675. The van der Waals surface area contributed by atoms with E-state index >= 15 is 0 Å². The van der Waals surface area contributed by atoms with Gasteiger partial charge in [-0.25, -0.2) is 4.98 Å². The molecule has 0 aliphatic rings. The monoisotopic (exact) mass is 263 g/mol. The lowest BCUT2D eigenvalue weighted by molar-refractivity contribution is 0.726. The molecule has 0 unspecified atom stereocenters. The second kappa shape index (κ2) is 3.88. The van der Waals surface area contributed by atoms with Crippen LogP contribution in [0.25, 0.3) is 11.0 Å². The number of nitrogens with two attached hydrogens (primary N) is 1. The van der Waals surface area contributed by atoms with E-state index in [4.69, 9.17) is 5.73 Å². The maximum Gasteiger partial charge on any atom is 0.264 e. The summed E-state index contributed by atoms with van der Waals surface area (Å²) in [5, 5.41) is 13.1. The zero-order valence-electron chi connectivity index (χ0n) is 9.44. The van der Waals surface area contributed by atoms with Gasteiger partial charge in [-0.15, -0.1) is 10.2 Å². The van der Waals surface area contributed by atoms with Crippen molar-refractivity contribution in [2.45, 2.75) is 6.54 Å². The van der Waals surface area contributed by atoms with Gasteiger partial charge in [-0.05, 0) is 0 Å². The van der Waals surface area contributed by atoms with Crippen molar-refractivity contribution in [1.29, 1.82) is 0 Å². The molecule has 0 atom stereocenters. The van der Waals surface area contributed by atoms with E-state index in [1.165, 1.54) is 28.4 Å². The van der Waals surface area contributed by atoms with Crippen LogP contribution < -0.4 is 11.3 Å². The smallest absolute Gasteiger partial charge is 0.264 e. The van der Waals surface area contributed by atoms with Gasteiger partial charge in [-0.1, -0.05) is 11.3 Å². The summed E-state index contributed by atoms with van der Waals surface area (Å²) in [4.78, 5) is 16.3. The number of anilines is 1. The van der Waals surface area contributed by atoms with Crippen molar-refractivity contribution < 1.29 is 0 Å². The van der Waals surface area contributed by atoms with Gasteiger partial charge in [0.15, 0.2) is 5.65 Å². The topological polar surface area (TPSA) is 105 Å². The summed E-state index contributed by atoms with van der Waals surface area (Å²) >= 11 is 1.25. The fourth-order valence-corrected chi connectivity index (χ4v) is 2.26. The molecule has 0 aromatic carbocycles. The molecule has 0 spiro atoms. The van der Waals surface area contributed by atoms with Crippen LogP contribution in [0.4, 0.5) is 5.13 Å². The Morgan fingerprint density at radius 1 is 1.44 bits per heavy atom. The molecular formula is C9H9N7OS. The van der Waals surface area contributed by atoms with Gasteiger partial charge >= 0.3 is 0 Å². The number of hydrogen-bond acceptors (Lipinski definition) is 7. The molecule has 3 rings (SSSR count). The van der Waals surface area contributed by atoms with Gasteiger partial charge in [0.1, 0.15) is 16.7 Å². The highest BCUT2D eigenvalue weighted by molar-refractivity contribution is 7.15. The van der Waals surface area contributed by atoms with Gasteiger partial charge in [0, 0.05) is 7.05 Å². The third-order valence-corrected chi connectivity index (χ3v) is 3.24. The van der Waals surface area contributed by atoms with Gasteiger partial charge in [0.05, 0.1) is 12.7 Å². The summed E-state index contributed by atoms with van der Waals surface area (Å²) in [6.07, 6.45) is 2.99. The number of hydrogen-bond donors (Lipinski definition) is 1. The van der Waals surface area contributed by atoms with Crippen molar-refractivity contribution in [1.82, 2.24) is 29.5 Å². The number of nitrogens with zero attached hydrogens (tertiary/aromatic N) is 6. The highest BCUT2D eigenvalue weighted by Crippen LogP contribution is 2.12. The van der Waals surface area contributed by atoms with Gasteiger partial charge in [-0.3, -0.25) is 14.0 Å². The Kier molecular flexibility index (Phi) is 2.33. The van der Waals surface area contributed by atoms with Gasteiger partial charge in [-0.2, -0.15) is 5.10 Å². The third kappa shape index (κ3) is 1.64. The van der Waals surface area contributed by atoms with E-state index in [-0.39, 0.29) is 5.56 Å². The molecule has 3 heterocycles. The first kappa shape index (κ1) is 10.8. The third-order valence-electron chi connectivity index (χ3n) is 2.51. The molecule has 3 aromatic rings. The van der Waals surface area contributed by atoms with E-state index in [0.29, 0.717) is 27.7 Å². The molecule has 18 heavy (non-hydrogen) atoms. The summed E-state index contributed by atoms with van der Waals surface area (Å²) in [5.41, 5.74) is 5.90. The minimum atomic E-state index is -0.151. The maximum absolute atomic E-state index is 12.1. The Morgan fingerprint density at radius 2 is 2.28 bits per heavy atom. The SMILES string of the molecule is Cn1ncc2c(=O)n(Cc3nnc(N)s3)cnc21. The van der Waals surface area contributed by atoms with Crippen LogP contribution in [0.2, 0.25) is 0 Å². The number of aryl methyl sites for hydroxylation is 1. The molecule has 2 N–H and O–H groups in total. The lowest BCUT2D eigenvalue weighted by atomic mass is 10.4. The Bertz CT molecular complexity index is 771. The molecule has 0 fully saturated rings. The zero-order valence-corrected chi connectivity index (χ0v) is 10.3. The summed E-state index contributed by atoms with van der Waals surface area (Å²) in [6.45, 7) is 0.311. The molecule has 3 aromatic heterocycles. The van der Waals surface area contributed by atoms with Crippen LogP contribution in [0.3, 0.4) is 0 Å². The Labute approximate surface area is 105 Å². The van der Waals surface area contributed by atoms with E-state index in [1.54, 1.807) is 11.7 Å². The van der Waals surface area contributed by atoms with Gasteiger partial charge in [0.2, 0.25) is 5.13 Å². The second-order valence-corrected chi connectivity index (χ2v) is 4.81. The van der Waals surface area contributed by atoms with E-state index in [1.807, 2.05) is 0 Å². The van der Waals surface area contributed by atoms with E-state index < -0.39 is 0 Å². The largest absolute Gasteiger partial charge is 0.374 e. The second-order valence-electron chi connectivity index (χ2n) is 3.72. The van der Waals surface area contributed by atoms with Gasteiger partial charge in [0.25, 0.3) is 5.56 Å². The van der Waals surface area contributed by atoms with Crippen molar-refractivity contribution in [3.8, 4) is 0 Å². The van der Waals surface area contributed by atoms with Crippen LogP contribution >= 0.6 is 11.3 Å². The predicted molar refractivity (Wildman–Crippen MR) is 66.2 cm³/mol. The Morgan fingerprint density at radius 3 is 3.00 bits per heavy atom. The summed E-state index contributed by atoms with van der Waals surface area (Å²) in [7, 11) is 1.74. The fraction of sp³-hybridized carbons (Fsp3) is 0.222. The molecule has 0 bridgehead atoms. The van der Waals surface area contributed by atoms with Crippen LogP contribution in [0.1, 0.15) is 5.01 Å². The number of aromatic nitrogens is 6.